The van der Waals surface area contributed by atoms with Crippen LogP contribution in [0.5, 0.6) is 5.75 Å². The highest BCUT2D eigenvalue weighted by atomic mass is 16.5. The van der Waals surface area contributed by atoms with Gasteiger partial charge >= 0.3 is 0 Å². The number of fused-ring (bicyclic) bond motifs is 1. The molecule has 7 heteroatoms. The summed E-state index contributed by atoms with van der Waals surface area (Å²) in [5.74, 6) is 1.30. The minimum atomic E-state index is -0.173. The number of benzene rings is 2. The van der Waals surface area contributed by atoms with E-state index in [0.717, 1.165) is 22.8 Å². The number of hydrogen-bond donors (Lipinski definition) is 1. The minimum absolute atomic E-state index is 0.0948. The summed E-state index contributed by atoms with van der Waals surface area (Å²) in [4.78, 5) is 12.5. The highest BCUT2D eigenvalue weighted by Gasteiger charge is 2.09. The van der Waals surface area contributed by atoms with E-state index in [0.29, 0.717) is 16.9 Å². The Morgan fingerprint density at radius 3 is 2.38 bits per heavy atom. The fraction of sp³-hybridized carbons (Fsp3) is 0.182. The van der Waals surface area contributed by atoms with Gasteiger partial charge in [0.1, 0.15) is 5.75 Å². The second-order valence-corrected chi connectivity index (χ2v) is 6.96. The molecule has 0 unspecified atom stereocenters. The predicted molar refractivity (Wildman–Crippen MR) is 111 cm³/mol. The van der Waals surface area contributed by atoms with Gasteiger partial charge in [0.05, 0.1) is 11.8 Å². The maximum Gasteiger partial charge on any atom is 0.255 e. The molecule has 2 aromatic carbocycles. The van der Waals surface area contributed by atoms with E-state index in [4.69, 9.17) is 4.74 Å². The van der Waals surface area contributed by atoms with E-state index in [2.05, 4.69) is 20.6 Å². The van der Waals surface area contributed by atoms with Crippen molar-refractivity contribution in [1.82, 2.24) is 19.8 Å². The average molecular weight is 387 g/mol. The van der Waals surface area contributed by atoms with Gasteiger partial charge in [-0.05, 0) is 69.3 Å². The largest absolute Gasteiger partial charge is 0.491 e. The Hall–Kier alpha value is -3.74. The van der Waals surface area contributed by atoms with Gasteiger partial charge < -0.3 is 10.1 Å². The number of carbonyl (C=O) groups is 1. The van der Waals surface area contributed by atoms with Crippen molar-refractivity contribution < 1.29 is 9.53 Å². The second-order valence-electron chi connectivity index (χ2n) is 6.96. The zero-order chi connectivity index (χ0) is 20.4. The fourth-order valence-corrected chi connectivity index (χ4v) is 2.93. The lowest BCUT2D eigenvalue weighted by atomic mass is 10.1. The molecule has 146 valence electrons. The monoisotopic (exact) mass is 387 g/mol. The van der Waals surface area contributed by atoms with Gasteiger partial charge in [-0.25, -0.2) is 0 Å². The third-order valence-electron chi connectivity index (χ3n) is 4.35. The number of carbonyl (C=O) groups excluding carboxylic acids is 1. The fourth-order valence-electron chi connectivity index (χ4n) is 2.93. The summed E-state index contributed by atoms with van der Waals surface area (Å²) in [6, 6.07) is 18.4. The Morgan fingerprint density at radius 1 is 0.966 bits per heavy atom. The second kappa shape index (κ2) is 7.71. The highest BCUT2D eigenvalue weighted by Crippen LogP contribution is 2.21. The molecule has 0 radical (unpaired) electrons. The molecule has 0 aliphatic carbocycles. The normalized spacial score (nSPS) is 11.0. The number of aromatic nitrogens is 4. The van der Waals surface area contributed by atoms with Crippen molar-refractivity contribution in [3.8, 4) is 17.0 Å². The van der Waals surface area contributed by atoms with Gasteiger partial charge in [0.2, 0.25) is 0 Å². The molecule has 0 atom stereocenters. The van der Waals surface area contributed by atoms with E-state index in [1.165, 1.54) is 0 Å². The molecule has 4 rings (SSSR count). The van der Waals surface area contributed by atoms with Crippen LogP contribution in [0, 0.1) is 6.92 Å². The molecule has 2 heterocycles. The lowest BCUT2D eigenvalue weighted by Gasteiger charge is -2.10. The van der Waals surface area contributed by atoms with Gasteiger partial charge in [-0.2, -0.15) is 9.61 Å². The van der Waals surface area contributed by atoms with Gasteiger partial charge in [-0.1, -0.05) is 12.1 Å². The van der Waals surface area contributed by atoms with Gasteiger partial charge in [0, 0.05) is 16.8 Å². The molecule has 0 saturated carbocycles. The van der Waals surface area contributed by atoms with E-state index < -0.39 is 0 Å². The molecule has 0 aliphatic rings. The van der Waals surface area contributed by atoms with Crippen molar-refractivity contribution in [2.45, 2.75) is 26.9 Å². The molecule has 0 aliphatic heterocycles. The van der Waals surface area contributed by atoms with Gasteiger partial charge in [0.25, 0.3) is 5.91 Å². The molecular weight excluding hydrogens is 366 g/mol. The maximum absolute atomic E-state index is 12.5. The van der Waals surface area contributed by atoms with Gasteiger partial charge in [-0.3, -0.25) is 4.79 Å². The topological polar surface area (TPSA) is 81.4 Å². The van der Waals surface area contributed by atoms with Crippen LogP contribution < -0.4 is 10.1 Å². The summed E-state index contributed by atoms with van der Waals surface area (Å²) in [6.45, 7) is 5.79. The molecule has 0 spiro atoms. The highest BCUT2D eigenvalue weighted by molar-refractivity contribution is 6.04. The zero-order valence-corrected chi connectivity index (χ0v) is 16.5. The first-order valence-electron chi connectivity index (χ1n) is 9.37. The minimum Gasteiger partial charge on any atom is -0.491 e. The van der Waals surface area contributed by atoms with Crippen LogP contribution in [-0.4, -0.2) is 31.8 Å². The lowest BCUT2D eigenvalue weighted by Crippen LogP contribution is -2.12. The summed E-state index contributed by atoms with van der Waals surface area (Å²) < 4.78 is 7.31. The predicted octanol–water partition coefficient (Wildman–Crippen LogP) is 4.14. The summed E-state index contributed by atoms with van der Waals surface area (Å²) in [5, 5.41) is 15.5. The maximum atomic E-state index is 12.5. The molecule has 0 bridgehead atoms. The molecule has 2 aromatic heterocycles. The van der Waals surface area contributed by atoms with Crippen LogP contribution in [0.3, 0.4) is 0 Å². The van der Waals surface area contributed by atoms with Crippen LogP contribution in [0.2, 0.25) is 0 Å². The number of hydrogen-bond acceptors (Lipinski definition) is 5. The van der Waals surface area contributed by atoms with E-state index in [9.17, 15) is 4.79 Å². The molecular formula is C22H21N5O2. The van der Waals surface area contributed by atoms with Crippen molar-refractivity contribution in [1.29, 1.82) is 0 Å². The lowest BCUT2D eigenvalue weighted by molar-refractivity contribution is 0.102. The standard InChI is InChI=1S/C22H21N5O2/c1-14(2)29-19-10-6-17(7-11-19)22(28)23-18-8-4-16(5-9-18)20-12-13-21-25-24-15(3)27(21)26-20/h4-14H,1-3H3,(H,23,28). The summed E-state index contributed by atoms with van der Waals surface area (Å²) in [5.41, 5.74) is 3.73. The Labute approximate surface area is 168 Å². The average Bonchev–Trinajstić information content (AvgIpc) is 3.09. The number of aryl methyl sites for hydroxylation is 1. The zero-order valence-electron chi connectivity index (χ0n) is 16.5. The van der Waals surface area contributed by atoms with Crippen LogP contribution >= 0.6 is 0 Å². The Kier molecular flexibility index (Phi) is 4.95. The van der Waals surface area contributed by atoms with E-state index in [1.54, 1.807) is 28.8 Å². The molecule has 4 aromatic rings. The number of anilines is 1. The van der Waals surface area contributed by atoms with E-state index in [-0.39, 0.29) is 12.0 Å². The molecule has 1 amide bonds. The van der Waals surface area contributed by atoms with Crippen LogP contribution in [0.4, 0.5) is 5.69 Å². The number of nitrogens with one attached hydrogen (secondary N) is 1. The molecule has 29 heavy (non-hydrogen) atoms. The molecule has 7 nitrogen and oxygen atoms in total. The van der Waals surface area contributed by atoms with E-state index >= 15 is 0 Å². The van der Waals surface area contributed by atoms with Crippen LogP contribution in [0.1, 0.15) is 30.0 Å². The first-order valence-corrected chi connectivity index (χ1v) is 9.37. The molecule has 0 fully saturated rings. The van der Waals surface area contributed by atoms with Crippen molar-refractivity contribution >= 4 is 17.2 Å². The Morgan fingerprint density at radius 2 is 1.69 bits per heavy atom. The molecule has 1 N–H and O–H groups in total. The smallest absolute Gasteiger partial charge is 0.255 e. The Bertz CT molecular complexity index is 1150. The summed E-state index contributed by atoms with van der Waals surface area (Å²) >= 11 is 0. The van der Waals surface area contributed by atoms with Gasteiger partial charge in [-0.15, -0.1) is 10.2 Å². The summed E-state index contributed by atoms with van der Waals surface area (Å²) in [6.07, 6.45) is 0.0948. The number of amides is 1. The van der Waals surface area contributed by atoms with Crippen LogP contribution in [0.25, 0.3) is 16.9 Å². The first kappa shape index (κ1) is 18.6. The van der Waals surface area contributed by atoms with Crippen molar-refractivity contribution in [3.05, 3.63) is 72.1 Å². The third kappa shape index (κ3) is 4.08. The number of ether oxygens (including phenoxy) is 1. The Balaban J connectivity index is 1.47. The quantitative estimate of drug-likeness (QED) is 0.557. The van der Waals surface area contributed by atoms with E-state index in [1.807, 2.05) is 57.2 Å². The first-order chi connectivity index (χ1) is 14.0. The number of nitrogens with zero attached hydrogens (tertiary/aromatic N) is 4. The van der Waals surface area contributed by atoms with Crippen molar-refractivity contribution in [3.63, 3.8) is 0 Å². The van der Waals surface area contributed by atoms with Crippen LogP contribution in [-0.2, 0) is 0 Å². The molecule has 0 saturated heterocycles. The van der Waals surface area contributed by atoms with Crippen LogP contribution in [0.15, 0.2) is 60.7 Å². The van der Waals surface area contributed by atoms with Crippen molar-refractivity contribution in [2.75, 3.05) is 5.32 Å². The summed E-state index contributed by atoms with van der Waals surface area (Å²) in [7, 11) is 0. The third-order valence-corrected chi connectivity index (χ3v) is 4.35. The SMILES string of the molecule is Cc1nnc2ccc(-c3ccc(NC(=O)c4ccc(OC(C)C)cc4)cc3)nn12. The van der Waals surface area contributed by atoms with Gasteiger partial charge in [0.15, 0.2) is 11.5 Å². The van der Waals surface area contributed by atoms with Crippen molar-refractivity contribution in [2.24, 2.45) is 0 Å². The number of rotatable bonds is 5.